The van der Waals surface area contributed by atoms with Gasteiger partial charge >= 0.3 is 0 Å². The molecular weight excluding hydrogens is 434 g/mol. The van der Waals surface area contributed by atoms with Crippen molar-refractivity contribution in [3.63, 3.8) is 0 Å². The van der Waals surface area contributed by atoms with E-state index in [4.69, 9.17) is 13.9 Å². The molecule has 1 aliphatic rings. The summed E-state index contributed by atoms with van der Waals surface area (Å²) in [5.41, 5.74) is 0.0430. The Morgan fingerprint density at radius 1 is 1.20 bits per heavy atom. The van der Waals surface area contributed by atoms with Gasteiger partial charge in [0, 0.05) is 10.3 Å². The van der Waals surface area contributed by atoms with Crippen LogP contribution in [0.3, 0.4) is 0 Å². The third-order valence-electron chi connectivity index (χ3n) is 5.70. The third kappa shape index (κ3) is 6.95. The summed E-state index contributed by atoms with van der Waals surface area (Å²) in [5.74, 6) is 0. The van der Waals surface area contributed by atoms with Gasteiger partial charge in [-0.1, -0.05) is 34.6 Å². The van der Waals surface area contributed by atoms with Gasteiger partial charge in [0.15, 0.2) is 14.6 Å². The van der Waals surface area contributed by atoms with E-state index in [1.165, 1.54) is 0 Å². The van der Waals surface area contributed by atoms with E-state index in [1.807, 2.05) is 20.8 Å². The molecule has 1 N–H and O–H groups in total. The van der Waals surface area contributed by atoms with Crippen molar-refractivity contribution in [1.82, 2.24) is 4.72 Å². The maximum atomic E-state index is 12.9. The molecular formula is C22H41NO4S2Si. The van der Waals surface area contributed by atoms with Gasteiger partial charge in [0.1, 0.15) is 0 Å². The van der Waals surface area contributed by atoms with Crippen molar-refractivity contribution < 1.29 is 18.1 Å². The molecule has 1 unspecified atom stereocenters. The van der Waals surface area contributed by atoms with Gasteiger partial charge in [0.25, 0.3) is 0 Å². The zero-order chi connectivity index (χ0) is 23.0. The molecule has 0 aromatic carbocycles. The van der Waals surface area contributed by atoms with E-state index in [9.17, 15) is 4.21 Å². The van der Waals surface area contributed by atoms with Crippen molar-refractivity contribution in [3.8, 4) is 0 Å². The van der Waals surface area contributed by atoms with Crippen LogP contribution in [0.5, 0.6) is 0 Å². The minimum absolute atomic E-state index is 0.0430. The fraction of sp³-hybridized carbons (Fsp3) is 0.818. The van der Waals surface area contributed by atoms with Gasteiger partial charge in [-0.2, -0.15) is 0 Å². The van der Waals surface area contributed by atoms with Crippen molar-refractivity contribution in [2.45, 2.75) is 90.6 Å². The summed E-state index contributed by atoms with van der Waals surface area (Å²) in [7, 11) is -3.12. The number of thiophene rings is 1. The first-order valence-corrected chi connectivity index (χ1v) is 15.5. The zero-order valence-electron chi connectivity index (χ0n) is 20.4. The summed E-state index contributed by atoms with van der Waals surface area (Å²) in [4.78, 5) is 2.14. The molecule has 0 radical (unpaired) electrons. The lowest BCUT2D eigenvalue weighted by molar-refractivity contribution is -0.224. The molecule has 0 spiro atoms. The van der Waals surface area contributed by atoms with E-state index in [-0.39, 0.29) is 27.5 Å². The highest BCUT2D eigenvalue weighted by atomic mass is 32.2. The minimum Gasteiger partial charge on any atom is -0.415 e. The van der Waals surface area contributed by atoms with E-state index in [0.29, 0.717) is 19.8 Å². The molecule has 2 heterocycles. The number of ether oxygens (including phenoxy) is 2. The Morgan fingerprint density at radius 2 is 1.77 bits per heavy atom. The topological polar surface area (TPSA) is 56.8 Å². The minimum atomic E-state index is -1.92. The van der Waals surface area contributed by atoms with Crippen molar-refractivity contribution >= 4 is 30.6 Å². The van der Waals surface area contributed by atoms with E-state index >= 15 is 0 Å². The molecule has 1 aromatic rings. The average Bonchev–Trinajstić information content (AvgIpc) is 3.06. The molecule has 1 aromatic heterocycles. The van der Waals surface area contributed by atoms with E-state index in [1.54, 1.807) is 11.3 Å². The van der Waals surface area contributed by atoms with Crippen LogP contribution in [0.4, 0.5) is 0 Å². The monoisotopic (exact) mass is 475 g/mol. The summed E-state index contributed by atoms with van der Waals surface area (Å²) in [6.07, 6.45) is -0.327. The van der Waals surface area contributed by atoms with Crippen molar-refractivity contribution in [2.75, 3.05) is 19.8 Å². The lowest BCUT2D eigenvalue weighted by Gasteiger charge is -2.37. The Kier molecular flexibility index (Phi) is 8.21. The predicted molar refractivity (Wildman–Crippen MR) is 130 cm³/mol. The van der Waals surface area contributed by atoms with Gasteiger partial charge < -0.3 is 13.9 Å². The van der Waals surface area contributed by atoms with Crippen LogP contribution >= 0.6 is 11.3 Å². The average molecular weight is 476 g/mol. The fourth-order valence-electron chi connectivity index (χ4n) is 2.53. The predicted octanol–water partition coefficient (Wildman–Crippen LogP) is 5.93. The molecule has 0 bridgehead atoms. The molecule has 174 valence electrons. The second-order valence-corrected chi connectivity index (χ2v) is 19.4. The first-order valence-electron chi connectivity index (χ1n) is 10.7. The Morgan fingerprint density at radius 3 is 2.27 bits per heavy atom. The molecule has 2 atom stereocenters. The van der Waals surface area contributed by atoms with Gasteiger partial charge in [-0.3, -0.25) is 0 Å². The lowest BCUT2D eigenvalue weighted by Crippen LogP contribution is -2.44. The van der Waals surface area contributed by atoms with Crippen LogP contribution in [0.25, 0.3) is 0 Å². The largest absolute Gasteiger partial charge is 0.415 e. The Labute approximate surface area is 191 Å². The summed E-state index contributed by atoms with van der Waals surface area (Å²) < 4.78 is 34.2. The van der Waals surface area contributed by atoms with E-state index < -0.39 is 19.3 Å². The van der Waals surface area contributed by atoms with Gasteiger partial charge in [-0.25, -0.2) is 8.93 Å². The van der Waals surface area contributed by atoms with E-state index in [2.05, 4.69) is 64.6 Å². The van der Waals surface area contributed by atoms with Gasteiger partial charge in [-0.15, -0.1) is 11.3 Å². The number of rotatable bonds is 7. The number of hydrogen-bond acceptors (Lipinski definition) is 5. The third-order valence-corrected chi connectivity index (χ3v) is 13.0. The second kappa shape index (κ2) is 9.41. The van der Waals surface area contributed by atoms with Crippen LogP contribution in [0.2, 0.25) is 18.1 Å². The molecule has 0 saturated carbocycles. The highest BCUT2D eigenvalue weighted by Gasteiger charge is 2.38. The van der Waals surface area contributed by atoms with Gasteiger partial charge in [0.05, 0.1) is 46.5 Å². The standard InChI is InChI=1S/C22H41NO4S2Si/c1-20(2,3)29(24)23-16(13-27-30(9,10)21(4,5)6)17-11-12-18(28-17)19-25-14-22(7,8)15-26-19/h11-12,16,19,23H,13-15H2,1-10H3/t16-,29?/m1/s1. The fourth-order valence-corrected chi connectivity index (χ4v) is 5.47. The first-order chi connectivity index (χ1) is 13.5. The zero-order valence-corrected chi connectivity index (χ0v) is 23.0. The van der Waals surface area contributed by atoms with Gasteiger partial charge in [0.2, 0.25) is 0 Å². The molecule has 8 heteroatoms. The Hall–Kier alpha value is -0.0931. The number of hydrogen-bond donors (Lipinski definition) is 1. The maximum Gasteiger partial charge on any atom is 0.193 e. The van der Waals surface area contributed by atoms with E-state index in [0.717, 1.165) is 9.75 Å². The van der Waals surface area contributed by atoms with Crippen LogP contribution in [0, 0.1) is 5.41 Å². The Balaban J connectivity index is 2.18. The highest BCUT2D eigenvalue weighted by Crippen LogP contribution is 2.39. The van der Waals surface area contributed by atoms with Crippen molar-refractivity contribution in [2.24, 2.45) is 5.41 Å². The molecule has 30 heavy (non-hydrogen) atoms. The first kappa shape index (κ1) is 26.2. The molecule has 0 aliphatic carbocycles. The smallest absolute Gasteiger partial charge is 0.193 e. The van der Waals surface area contributed by atoms with Crippen LogP contribution in [-0.4, -0.2) is 37.1 Å². The van der Waals surface area contributed by atoms with Gasteiger partial charge in [-0.05, 0) is 51.0 Å². The Bertz CT molecular complexity index is 724. The number of nitrogens with one attached hydrogen (secondary N) is 1. The second-order valence-electron chi connectivity index (χ2n) is 11.5. The van der Waals surface area contributed by atoms with Crippen LogP contribution < -0.4 is 4.72 Å². The van der Waals surface area contributed by atoms with Crippen LogP contribution in [0.15, 0.2) is 12.1 Å². The molecule has 1 saturated heterocycles. The summed E-state index contributed by atoms with van der Waals surface area (Å²) in [6.45, 7) is 23.3. The van der Waals surface area contributed by atoms with Crippen molar-refractivity contribution in [3.05, 3.63) is 21.9 Å². The molecule has 0 amide bonds. The highest BCUT2D eigenvalue weighted by molar-refractivity contribution is 7.84. The lowest BCUT2D eigenvalue weighted by atomic mass is 9.96. The SMILES string of the molecule is CC1(C)COC(c2ccc([C@@H](CO[Si](C)(C)C(C)(C)C)NS(=O)C(C)(C)C)s2)OC1. The molecule has 5 nitrogen and oxygen atoms in total. The molecule has 1 aliphatic heterocycles. The molecule has 2 rings (SSSR count). The van der Waals surface area contributed by atoms with Crippen LogP contribution in [-0.2, 0) is 24.9 Å². The van der Waals surface area contributed by atoms with Crippen molar-refractivity contribution in [1.29, 1.82) is 0 Å². The quantitative estimate of drug-likeness (QED) is 0.496. The summed E-state index contributed by atoms with van der Waals surface area (Å²) >= 11 is 1.65. The van der Waals surface area contributed by atoms with Crippen LogP contribution in [0.1, 0.15) is 77.5 Å². The molecule has 1 fully saturated rings. The normalized spacial score (nSPS) is 20.9. The summed E-state index contributed by atoms with van der Waals surface area (Å²) in [6, 6.07) is 4.00. The summed E-state index contributed by atoms with van der Waals surface area (Å²) in [5, 5.41) is 0.123. The maximum absolute atomic E-state index is 12.9.